The molecule has 0 amide bonds. The number of ether oxygens (including phenoxy) is 1. The molecule has 4 aromatic rings. The van der Waals surface area contributed by atoms with Gasteiger partial charge in [0, 0.05) is 11.6 Å². The van der Waals surface area contributed by atoms with Crippen molar-refractivity contribution in [3.63, 3.8) is 0 Å². The van der Waals surface area contributed by atoms with Gasteiger partial charge in [0.05, 0.1) is 5.92 Å². The van der Waals surface area contributed by atoms with E-state index in [1.54, 1.807) is 6.07 Å². The summed E-state index contributed by atoms with van der Waals surface area (Å²) in [6.45, 7) is 4.40. The summed E-state index contributed by atoms with van der Waals surface area (Å²) in [4.78, 5) is 16.1. The molecule has 7 heteroatoms. The van der Waals surface area contributed by atoms with E-state index in [1.165, 1.54) is 13.8 Å². The minimum Gasteiger partial charge on any atom is -0.478 e. The molecule has 1 atom stereocenters. The van der Waals surface area contributed by atoms with E-state index in [0.717, 1.165) is 35.2 Å². The number of rotatable bonds is 10. The summed E-state index contributed by atoms with van der Waals surface area (Å²) in [5.41, 5.74) is 2.40. The Balaban J connectivity index is 1.43. The summed E-state index contributed by atoms with van der Waals surface area (Å²) in [6, 6.07) is 23.0. The molecule has 4 rings (SSSR count). The van der Waals surface area contributed by atoms with Crippen LogP contribution < -0.4 is 10.1 Å². The maximum absolute atomic E-state index is 11.3. The van der Waals surface area contributed by atoms with Gasteiger partial charge in [-0.15, -0.1) is 0 Å². The van der Waals surface area contributed by atoms with Crippen LogP contribution in [0.25, 0.3) is 11.1 Å². The van der Waals surface area contributed by atoms with Crippen LogP contribution in [0.15, 0.2) is 77.2 Å². The minimum absolute atomic E-state index is 0.0248. The normalized spacial score (nSPS) is 12.6. The van der Waals surface area contributed by atoms with Crippen LogP contribution in [0.2, 0.25) is 5.02 Å². The number of fused-ring (bicyclic) bond motifs is 1. The number of carboxylic acids is 1. The van der Waals surface area contributed by atoms with E-state index in [-0.39, 0.29) is 5.92 Å². The van der Waals surface area contributed by atoms with Gasteiger partial charge in [-0.25, -0.2) is 9.78 Å². The number of aromatic nitrogens is 1. The molecule has 1 heterocycles. The van der Waals surface area contributed by atoms with E-state index >= 15 is 0 Å². The minimum atomic E-state index is -1.29. The van der Waals surface area contributed by atoms with E-state index < -0.39 is 11.6 Å². The molecule has 0 radical (unpaired) electrons. The molecule has 0 aliphatic heterocycles. The third-order valence-corrected chi connectivity index (χ3v) is 5.86. The molecule has 176 valence electrons. The second kappa shape index (κ2) is 10.3. The number of oxazole rings is 1. The maximum Gasteiger partial charge on any atom is 0.347 e. The summed E-state index contributed by atoms with van der Waals surface area (Å²) in [7, 11) is 0. The number of aliphatic carboxylic acids is 1. The number of hydrogen-bond donors (Lipinski definition) is 2. The zero-order valence-corrected chi connectivity index (χ0v) is 19.9. The lowest BCUT2D eigenvalue weighted by Gasteiger charge is -2.21. The van der Waals surface area contributed by atoms with Crippen LogP contribution in [0.5, 0.6) is 5.75 Å². The molecule has 0 bridgehead atoms. The van der Waals surface area contributed by atoms with Gasteiger partial charge in [0.2, 0.25) is 5.89 Å². The number of halogens is 1. The lowest BCUT2D eigenvalue weighted by molar-refractivity contribution is -0.152. The van der Waals surface area contributed by atoms with Crippen LogP contribution in [0.4, 0.5) is 0 Å². The summed E-state index contributed by atoms with van der Waals surface area (Å²) in [5, 5.41) is 13.4. The van der Waals surface area contributed by atoms with Crippen molar-refractivity contribution in [2.75, 3.05) is 6.54 Å². The monoisotopic (exact) mass is 478 g/mol. The molecule has 1 aromatic heterocycles. The number of carbonyl (C=O) groups is 1. The fourth-order valence-electron chi connectivity index (χ4n) is 3.70. The zero-order valence-electron chi connectivity index (χ0n) is 19.1. The predicted molar refractivity (Wildman–Crippen MR) is 132 cm³/mol. The Morgan fingerprint density at radius 3 is 2.62 bits per heavy atom. The van der Waals surface area contributed by atoms with Gasteiger partial charge < -0.3 is 19.6 Å². The van der Waals surface area contributed by atoms with Crippen molar-refractivity contribution < 1.29 is 19.1 Å². The first kappa shape index (κ1) is 23.8. The Kier molecular flexibility index (Phi) is 7.20. The number of nitrogens with one attached hydrogen (secondary N) is 1. The number of hydrogen-bond acceptors (Lipinski definition) is 5. The van der Waals surface area contributed by atoms with Gasteiger partial charge in [-0.3, -0.25) is 0 Å². The molecule has 3 aromatic carbocycles. The lowest BCUT2D eigenvalue weighted by atomic mass is 9.95. The van der Waals surface area contributed by atoms with Crippen molar-refractivity contribution >= 4 is 28.7 Å². The predicted octanol–water partition coefficient (Wildman–Crippen LogP) is 6.04. The maximum atomic E-state index is 11.3. The van der Waals surface area contributed by atoms with Crippen molar-refractivity contribution in [1.82, 2.24) is 10.3 Å². The summed E-state index contributed by atoms with van der Waals surface area (Å²) in [5.74, 6) is 0.167. The second-order valence-electron chi connectivity index (χ2n) is 8.65. The highest BCUT2D eigenvalue weighted by molar-refractivity contribution is 6.30. The largest absolute Gasteiger partial charge is 0.478 e. The van der Waals surface area contributed by atoms with Gasteiger partial charge in [-0.1, -0.05) is 48.0 Å². The summed E-state index contributed by atoms with van der Waals surface area (Å²) >= 11 is 6.10. The van der Waals surface area contributed by atoms with E-state index in [9.17, 15) is 9.90 Å². The molecular formula is C27H27ClN2O4. The Morgan fingerprint density at radius 1 is 1.12 bits per heavy atom. The molecule has 34 heavy (non-hydrogen) atoms. The van der Waals surface area contributed by atoms with Crippen molar-refractivity contribution in [2.24, 2.45) is 0 Å². The molecular weight excluding hydrogens is 452 g/mol. The SMILES string of the molecule is CC(C)(Oc1cccc(CNCCC(c2ccc(Cl)cc2)c2nc3ccccc3o2)c1)C(=O)O. The van der Waals surface area contributed by atoms with Gasteiger partial charge in [-0.05, 0) is 74.3 Å². The van der Waals surface area contributed by atoms with E-state index in [2.05, 4.69) is 5.32 Å². The number of para-hydroxylation sites is 2. The first-order chi connectivity index (χ1) is 16.3. The highest BCUT2D eigenvalue weighted by atomic mass is 35.5. The standard InChI is InChI=1S/C27H27ClN2O4/c1-27(2,26(31)32)34-21-7-5-6-18(16-21)17-29-15-14-22(19-10-12-20(28)13-11-19)25-30-23-8-3-4-9-24(23)33-25/h3-13,16,22,29H,14-15,17H2,1-2H3,(H,31,32). The topological polar surface area (TPSA) is 84.6 Å². The van der Waals surface area contributed by atoms with Gasteiger partial charge in [-0.2, -0.15) is 0 Å². The van der Waals surface area contributed by atoms with Gasteiger partial charge >= 0.3 is 5.97 Å². The molecule has 0 aliphatic carbocycles. The Labute approximate surface area is 203 Å². The van der Waals surface area contributed by atoms with Crippen LogP contribution in [-0.4, -0.2) is 28.2 Å². The molecule has 0 fully saturated rings. The summed E-state index contributed by atoms with van der Waals surface area (Å²) < 4.78 is 11.7. The molecule has 0 saturated heterocycles. The van der Waals surface area contributed by atoms with Crippen LogP contribution in [0.1, 0.15) is 43.2 Å². The molecule has 2 N–H and O–H groups in total. The zero-order chi connectivity index (χ0) is 24.1. The third kappa shape index (κ3) is 5.76. The van der Waals surface area contributed by atoms with Crippen LogP contribution in [0, 0.1) is 0 Å². The smallest absolute Gasteiger partial charge is 0.347 e. The lowest BCUT2D eigenvalue weighted by Crippen LogP contribution is -2.37. The van der Waals surface area contributed by atoms with E-state index in [1.807, 2.05) is 66.7 Å². The average molecular weight is 479 g/mol. The second-order valence-corrected chi connectivity index (χ2v) is 9.09. The third-order valence-electron chi connectivity index (χ3n) is 5.61. The molecule has 6 nitrogen and oxygen atoms in total. The Hall–Kier alpha value is -3.35. The quantitative estimate of drug-likeness (QED) is 0.270. The highest BCUT2D eigenvalue weighted by Gasteiger charge is 2.29. The highest BCUT2D eigenvalue weighted by Crippen LogP contribution is 2.30. The van der Waals surface area contributed by atoms with Crippen molar-refractivity contribution in [3.8, 4) is 5.75 Å². The van der Waals surface area contributed by atoms with Crippen molar-refractivity contribution in [2.45, 2.75) is 38.3 Å². The fourth-order valence-corrected chi connectivity index (χ4v) is 3.83. The Bertz CT molecular complexity index is 1230. The first-order valence-corrected chi connectivity index (χ1v) is 11.5. The number of carboxylic acid groups (broad SMARTS) is 1. The number of benzene rings is 3. The van der Waals surface area contributed by atoms with Gasteiger partial charge in [0.15, 0.2) is 11.2 Å². The van der Waals surface area contributed by atoms with E-state index in [4.69, 9.17) is 25.7 Å². The van der Waals surface area contributed by atoms with Gasteiger partial charge in [0.25, 0.3) is 0 Å². The van der Waals surface area contributed by atoms with Crippen LogP contribution >= 0.6 is 11.6 Å². The average Bonchev–Trinajstić information content (AvgIpc) is 3.24. The van der Waals surface area contributed by atoms with Crippen molar-refractivity contribution in [1.29, 1.82) is 0 Å². The fraction of sp³-hybridized carbons (Fsp3) is 0.259. The Morgan fingerprint density at radius 2 is 1.88 bits per heavy atom. The van der Waals surface area contributed by atoms with Gasteiger partial charge in [0.1, 0.15) is 11.3 Å². The molecule has 0 aliphatic rings. The van der Waals surface area contributed by atoms with Crippen LogP contribution in [0.3, 0.4) is 0 Å². The van der Waals surface area contributed by atoms with Crippen molar-refractivity contribution in [3.05, 3.63) is 94.8 Å². The summed E-state index contributed by atoms with van der Waals surface area (Å²) in [6.07, 6.45) is 0.774. The molecule has 0 saturated carbocycles. The molecule has 0 spiro atoms. The number of nitrogens with zero attached hydrogens (tertiary/aromatic N) is 1. The van der Waals surface area contributed by atoms with E-state index in [0.29, 0.717) is 23.2 Å². The molecule has 1 unspecified atom stereocenters. The first-order valence-electron chi connectivity index (χ1n) is 11.1. The van der Waals surface area contributed by atoms with Crippen LogP contribution in [-0.2, 0) is 11.3 Å².